The van der Waals surface area contributed by atoms with Gasteiger partial charge >= 0.3 is 0 Å². The Morgan fingerprint density at radius 3 is 2.42 bits per heavy atom. The molecule has 0 spiro atoms. The third-order valence-corrected chi connectivity index (χ3v) is 6.47. The van der Waals surface area contributed by atoms with Crippen molar-refractivity contribution in [2.24, 2.45) is 0 Å². The minimum absolute atomic E-state index is 0. The van der Waals surface area contributed by atoms with Crippen molar-refractivity contribution in [1.82, 2.24) is 19.6 Å². The summed E-state index contributed by atoms with van der Waals surface area (Å²) in [5, 5.41) is 0. The van der Waals surface area contributed by atoms with Gasteiger partial charge < -0.3 is 20.2 Å². The Balaban J connectivity index is 0.00000338. The molecule has 2 aliphatic rings. The van der Waals surface area contributed by atoms with E-state index in [1.807, 2.05) is 0 Å². The quantitative estimate of drug-likeness (QED) is 0.381. The van der Waals surface area contributed by atoms with Gasteiger partial charge in [-0.3, -0.25) is 9.45 Å². The van der Waals surface area contributed by atoms with Crippen LogP contribution in [0.1, 0.15) is 19.3 Å². The van der Waals surface area contributed by atoms with E-state index in [4.69, 9.17) is 16.2 Å². The first-order valence-corrected chi connectivity index (χ1v) is 11.3. The van der Waals surface area contributed by atoms with Crippen molar-refractivity contribution in [1.29, 1.82) is 0 Å². The molecule has 156 valence electrons. The summed E-state index contributed by atoms with van der Waals surface area (Å²) in [4.78, 5) is 9.54. The molecule has 2 aliphatic heterocycles. The molecule has 3 N–H and O–H groups in total. The van der Waals surface area contributed by atoms with Crippen molar-refractivity contribution in [3.63, 3.8) is 0 Å². The van der Waals surface area contributed by atoms with E-state index in [9.17, 15) is 8.42 Å². The highest BCUT2D eigenvalue weighted by Gasteiger charge is 2.22. The van der Waals surface area contributed by atoms with E-state index >= 15 is 0 Å². The van der Waals surface area contributed by atoms with E-state index in [0.29, 0.717) is 13.0 Å². The third-order valence-electron chi connectivity index (χ3n) is 5.18. The first kappa shape index (κ1) is 24.0. The van der Waals surface area contributed by atoms with Crippen molar-refractivity contribution in [3.05, 3.63) is 0 Å². The second-order valence-electron chi connectivity index (χ2n) is 7.24. The van der Waals surface area contributed by atoms with Crippen LogP contribution >= 0.6 is 11.6 Å². The lowest BCUT2D eigenvalue weighted by Gasteiger charge is -2.37. The summed E-state index contributed by atoms with van der Waals surface area (Å²) in [5.74, 6) is -0.171. The molecule has 2 rings (SSSR count). The van der Waals surface area contributed by atoms with E-state index in [2.05, 4.69) is 26.6 Å². The van der Waals surface area contributed by atoms with E-state index in [-0.39, 0.29) is 16.7 Å². The number of likely N-dealkylation sites (N-methyl/N-ethyl adjacent to an activating group) is 1. The van der Waals surface area contributed by atoms with Crippen LogP contribution in [0.25, 0.3) is 0 Å². The highest BCUT2D eigenvalue weighted by molar-refractivity contribution is 7.85. The Kier molecular flexibility index (Phi) is 10.9. The molecule has 2 bridgehead atoms. The largest absolute Gasteiger partial charge is 0.412 e. The van der Waals surface area contributed by atoms with Gasteiger partial charge in [0.15, 0.2) is 0 Å². The van der Waals surface area contributed by atoms with E-state index in [1.165, 1.54) is 6.42 Å². The molecule has 26 heavy (non-hydrogen) atoms. The SMILES string of the molecule is CN1CCCN2CCN(CCCS(=O)(=O)O)CCC(Cl)N(CC1)CC2.O. The predicted molar refractivity (Wildman–Crippen MR) is 105 cm³/mol. The van der Waals surface area contributed by atoms with Gasteiger partial charge in [0, 0.05) is 45.8 Å². The molecule has 0 saturated carbocycles. The maximum Gasteiger partial charge on any atom is 0.264 e. The van der Waals surface area contributed by atoms with Gasteiger partial charge in [0.05, 0.1) is 11.3 Å². The van der Waals surface area contributed by atoms with Crippen LogP contribution in [0.4, 0.5) is 0 Å². The monoisotopic (exact) mass is 414 g/mol. The highest BCUT2D eigenvalue weighted by atomic mass is 35.5. The average Bonchev–Trinajstić information content (AvgIpc) is 2.54. The van der Waals surface area contributed by atoms with E-state index in [1.54, 1.807) is 0 Å². The van der Waals surface area contributed by atoms with Gasteiger partial charge in [-0.05, 0) is 45.9 Å². The van der Waals surface area contributed by atoms with Gasteiger partial charge in [-0.1, -0.05) is 0 Å². The molecule has 0 aromatic rings. The summed E-state index contributed by atoms with van der Waals surface area (Å²) < 4.78 is 30.8. The minimum atomic E-state index is -3.87. The fourth-order valence-electron chi connectivity index (χ4n) is 3.53. The molecular formula is C16H35ClN4O4S. The van der Waals surface area contributed by atoms with Crippen LogP contribution in [-0.2, 0) is 10.1 Å². The second kappa shape index (κ2) is 11.8. The normalized spacial score (nSPS) is 30.5. The van der Waals surface area contributed by atoms with Gasteiger partial charge in [-0.25, -0.2) is 0 Å². The minimum Gasteiger partial charge on any atom is -0.412 e. The van der Waals surface area contributed by atoms with Crippen LogP contribution in [0.5, 0.6) is 0 Å². The standard InChI is InChI=1S/C16H33ClN4O3S.H2O/c1-18-5-2-6-20-11-10-19(7-3-15-25(22,23)24)8-4-16(17)21(13-9-18)14-12-20;/h16H,2-15H2,1H3,(H,22,23,24);1H2. The number of alkyl halides is 1. The Bertz CT molecular complexity index is 495. The number of fused-ring (bicyclic) bond motifs is 3. The van der Waals surface area contributed by atoms with Crippen molar-refractivity contribution >= 4 is 21.7 Å². The van der Waals surface area contributed by atoms with Crippen LogP contribution < -0.4 is 0 Å². The smallest absolute Gasteiger partial charge is 0.264 e. The highest BCUT2D eigenvalue weighted by Crippen LogP contribution is 2.14. The molecule has 8 nitrogen and oxygen atoms in total. The van der Waals surface area contributed by atoms with Crippen LogP contribution in [0, 0.1) is 0 Å². The number of hydrogen-bond donors (Lipinski definition) is 1. The van der Waals surface area contributed by atoms with Crippen LogP contribution in [0.3, 0.4) is 0 Å². The molecule has 0 aromatic heterocycles. The van der Waals surface area contributed by atoms with Gasteiger partial charge in [0.2, 0.25) is 0 Å². The Hall–Kier alpha value is -0.0000000000000000694. The lowest BCUT2D eigenvalue weighted by molar-refractivity contribution is 0.117. The molecule has 2 fully saturated rings. The van der Waals surface area contributed by atoms with Crippen LogP contribution in [-0.4, -0.2) is 122 Å². The van der Waals surface area contributed by atoms with E-state index < -0.39 is 10.1 Å². The van der Waals surface area contributed by atoms with Gasteiger partial charge in [0.1, 0.15) is 0 Å². The molecule has 0 aliphatic carbocycles. The second-order valence-corrected chi connectivity index (χ2v) is 9.31. The zero-order valence-corrected chi connectivity index (χ0v) is 17.4. The molecule has 10 heteroatoms. The average molecular weight is 415 g/mol. The maximum atomic E-state index is 10.9. The molecule has 0 amide bonds. The van der Waals surface area contributed by atoms with Crippen molar-refractivity contribution in [3.8, 4) is 0 Å². The Morgan fingerprint density at radius 1 is 1.00 bits per heavy atom. The van der Waals surface area contributed by atoms with Gasteiger partial charge in [-0.15, -0.1) is 11.6 Å². The first-order chi connectivity index (χ1) is 11.8. The summed E-state index contributed by atoms with van der Waals surface area (Å²) in [6, 6.07) is 0. The van der Waals surface area contributed by atoms with Gasteiger partial charge in [0.25, 0.3) is 10.1 Å². The Morgan fingerprint density at radius 2 is 1.69 bits per heavy atom. The van der Waals surface area contributed by atoms with Crippen molar-refractivity contribution in [2.75, 3.05) is 78.2 Å². The zero-order valence-electron chi connectivity index (χ0n) is 15.8. The van der Waals surface area contributed by atoms with Crippen molar-refractivity contribution < 1.29 is 18.4 Å². The zero-order chi connectivity index (χ0) is 18.3. The fraction of sp³-hybridized carbons (Fsp3) is 1.00. The lowest BCUT2D eigenvalue weighted by atomic mass is 10.2. The maximum absolute atomic E-state index is 10.9. The molecule has 2 heterocycles. The summed E-state index contributed by atoms with van der Waals surface area (Å²) in [6.07, 6.45) is 2.50. The molecule has 2 saturated heterocycles. The molecule has 3 unspecified atom stereocenters. The van der Waals surface area contributed by atoms with Crippen molar-refractivity contribution in [2.45, 2.75) is 24.8 Å². The number of halogens is 1. The topological polar surface area (TPSA) is 98.8 Å². The molecule has 0 radical (unpaired) electrons. The number of nitrogens with zero attached hydrogens (tertiary/aromatic N) is 4. The Labute approximate surface area is 163 Å². The van der Waals surface area contributed by atoms with Gasteiger partial charge in [-0.2, -0.15) is 8.42 Å². The fourth-order valence-corrected chi connectivity index (χ4v) is 4.32. The number of rotatable bonds is 4. The van der Waals surface area contributed by atoms with E-state index in [0.717, 1.165) is 65.3 Å². The van der Waals surface area contributed by atoms with Crippen LogP contribution in [0.2, 0.25) is 0 Å². The lowest BCUT2D eigenvalue weighted by Crippen LogP contribution is -2.48. The molecule has 0 aromatic carbocycles. The summed E-state index contributed by atoms with van der Waals surface area (Å²) in [5.41, 5.74) is 0.0110. The summed E-state index contributed by atoms with van der Waals surface area (Å²) >= 11 is 6.68. The predicted octanol–water partition coefficient (Wildman–Crippen LogP) is -0.350. The first-order valence-electron chi connectivity index (χ1n) is 9.30. The summed E-state index contributed by atoms with van der Waals surface area (Å²) in [6.45, 7) is 9.72. The van der Waals surface area contributed by atoms with Crippen LogP contribution in [0.15, 0.2) is 0 Å². The molecular weight excluding hydrogens is 380 g/mol. The molecule has 3 atom stereocenters. The third kappa shape index (κ3) is 9.27. The number of hydrogen-bond acceptors (Lipinski definition) is 6. The summed E-state index contributed by atoms with van der Waals surface area (Å²) in [7, 11) is -1.70.